The molecule has 0 amide bonds. The molecule has 4 aromatic rings. The van der Waals surface area contributed by atoms with Crippen molar-refractivity contribution in [2.75, 3.05) is 13.6 Å². The van der Waals surface area contributed by atoms with Gasteiger partial charge in [0.05, 0.1) is 5.41 Å². The molecule has 1 aliphatic heterocycles. The normalized spacial score (nSPS) is 26.2. The number of hydrogen-bond donors (Lipinski definition) is 0. The van der Waals surface area contributed by atoms with Crippen molar-refractivity contribution in [3.05, 3.63) is 113 Å². The number of likely N-dealkylation sites (tertiary alicyclic amines) is 1. The van der Waals surface area contributed by atoms with Crippen LogP contribution < -0.4 is 4.74 Å². The molecule has 0 saturated carbocycles. The van der Waals surface area contributed by atoms with E-state index < -0.39 is 23.2 Å². The van der Waals surface area contributed by atoms with Crippen LogP contribution in [0.4, 0.5) is 13.2 Å². The average Bonchev–Trinajstić information content (AvgIpc) is 3.44. The Morgan fingerprint density at radius 2 is 1.53 bits per heavy atom. The fourth-order valence-electron chi connectivity index (χ4n) is 7.51. The summed E-state index contributed by atoms with van der Waals surface area (Å²) in [6.07, 6.45) is -4.45. The molecule has 1 saturated heterocycles. The molecular weight excluding hydrogens is 491 g/mol. The molecular formula is C31H22F3NO3. The van der Waals surface area contributed by atoms with Crippen molar-refractivity contribution in [3.63, 3.8) is 0 Å². The molecule has 3 aliphatic rings. The van der Waals surface area contributed by atoms with Gasteiger partial charge in [-0.25, -0.2) is 0 Å². The minimum absolute atomic E-state index is 0.101. The lowest BCUT2D eigenvalue weighted by Crippen LogP contribution is -2.57. The van der Waals surface area contributed by atoms with E-state index in [2.05, 4.69) is 4.74 Å². The number of fused-ring (bicyclic) bond motifs is 3. The van der Waals surface area contributed by atoms with Crippen molar-refractivity contribution in [2.24, 2.45) is 5.41 Å². The molecule has 2 spiro atoms. The van der Waals surface area contributed by atoms with Crippen LogP contribution in [0.3, 0.4) is 0 Å². The third kappa shape index (κ3) is 2.74. The number of benzene rings is 4. The zero-order valence-electron chi connectivity index (χ0n) is 20.4. The number of carbonyl (C=O) groups is 2. The van der Waals surface area contributed by atoms with E-state index in [1.54, 1.807) is 12.1 Å². The number of hydrogen-bond acceptors (Lipinski definition) is 4. The molecule has 38 heavy (non-hydrogen) atoms. The van der Waals surface area contributed by atoms with Crippen LogP contribution in [0.15, 0.2) is 84.9 Å². The SMILES string of the molecule is CN1C[C@H](c2ccc(OC(F)(F)F)cc2)[C@]2(Cc3ccccc3C2=O)[C@]12C(=O)c1cccc3cccc2c13. The van der Waals surface area contributed by atoms with Gasteiger partial charge in [0.1, 0.15) is 11.3 Å². The second-order valence-electron chi connectivity index (χ2n) is 10.4. The number of nitrogens with zero attached hydrogens (tertiary/aromatic N) is 1. The van der Waals surface area contributed by atoms with Gasteiger partial charge in [-0.2, -0.15) is 0 Å². The number of halogens is 3. The van der Waals surface area contributed by atoms with E-state index in [1.165, 1.54) is 12.1 Å². The van der Waals surface area contributed by atoms with Crippen LogP contribution in [0.5, 0.6) is 5.75 Å². The van der Waals surface area contributed by atoms with Gasteiger partial charge < -0.3 is 4.74 Å². The molecule has 190 valence electrons. The van der Waals surface area contributed by atoms with E-state index in [-0.39, 0.29) is 17.3 Å². The largest absolute Gasteiger partial charge is 0.573 e. The number of ether oxygens (including phenoxy) is 1. The summed E-state index contributed by atoms with van der Waals surface area (Å²) >= 11 is 0. The molecule has 1 heterocycles. The Morgan fingerprint density at radius 3 is 2.24 bits per heavy atom. The Labute approximate surface area is 216 Å². The van der Waals surface area contributed by atoms with Crippen LogP contribution in [0.1, 0.15) is 43.3 Å². The lowest BCUT2D eigenvalue weighted by Gasteiger charge is -2.44. The molecule has 4 nitrogen and oxygen atoms in total. The van der Waals surface area contributed by atoms with Crippen LogP contribution in [-0.2, 0) is 12.0 Å². The monoisotopic (exact) mass is 513 g/mol. The van der Waals surface area contributed by atoms with E-state index in [0.717, 1.165) is 21.9 Å². The Kier molecular flexibility index (Phi) is 4.60. The van der Waals surface area contributed by atoms with Gasteiger partial charge in [-0.15, -0.1) is 13.2 Å². The van der Waals surface area contributed by atoms with E-state index in [9.17, 15) is 22.8 Å². The average molecular weight is 514 g/mol. The summed E-state index contributed by atoms with van der Waals surface area (Å²) in [6.45, 7) is 0.384. The second-order valence-corrected chi connectivity index (χ2v) is 10.4. The summed E-state index contributed by atoms with van der Waals surface area (Å²) in [5, 5.41) is 1.80. The summed E-state index contributed by atoms with van der Waals surface area (Å²) < 4.78 is 42.5. The Hall–Kier alpha value is -3.97. The van der Waals surface area contributed by atoms with Crippen LogP contribution in [-0.4, -0.2) is 36.4 Å². The van der Waals surface area contributed by atoms with Gasteiger partial charge in [-0.3, -0.25) is 14.5 Å². The maximum absolute atomic E-state index is 14.6. The van der Waals surface area contributed by atoms with Gasteiger partial charge in [0.2, 0.25) is 0 Å². The number of carbonyl (C=O) groups excluding carboxylic acids is 2. The van der Waals surface area contributed by atoms with Gasteiger partial charge in [-0.05, 0) is 53.1 Å². The fraction of sp³-hybridized carbons (Fsp3) is 0.226. The van der Waals surface area contributed by atoms with Gasteiger partial charge >= 0.3 is 6.36 Å². The summed E-state index contributed by atoms with van der Waals surface area (Å²) in [4.78, 5) is 31.2. The van der Waals surface area contributed by atoms with Gasteiger partial charge in [0.15, 0.2) is 11.6 Å². The highest BCUT2D eigenvalue weighted by atomic mass is 19.4. The number of Topliss-reactive ketones (excluding diaryl/α,β-unsaturated/α-hetero) is 2. The van der Waals surface area contributed by atoms with Crippen LogP contribution >= 0.6 is 0 Å². The Balaban J connectivity index is 1.48. The first-order chi connectivity index (χ1) is 18.2. The highest BCUT2D eigenvalue weighted by Crippen LogP contribution is 2.67. The minimum atomic E-state index is -4.80. The molecule has 2 aliphatic carbocycles. The van der Waals surface area contributed by atoms with Crippen molar-refractivity contribution in [1.82, 2.24) is 4.90 Å². The first kappa shape index (κ1) is 23.2. The first-order valence-corrected chi connectivity index (χ1v) is 12.4. The minimum Gasteiger partial charge on any atom is -0.406 e. The molecule has 1 fully saturated rings. The van der Waals surface area contributed by atoms with Crippen LogP contribution in [0.2, 0.25) is 0 Å². The van der Waals surface area contributed by atoms with E-state index in [1.807, 2.05) is 72.6 Å². The van der Waals surface area contributed by atoms with Crippen molar-refractivity contribution in [3.8, 4) is 5.75 Å². The third-order valence-corrected chi connectivity index (χ3v) is 8.79. The zero-order chi connectivity index (χ0) is 26.4. The Bertz CT molecular complexity index is 1660. The number of alkyl halides is 3. The number of ketones is 2. The number of rotatable bonds is 2. The molecule has 0 bridgehead atoms. The highest BCUT2D eigenvalue weighted by Gasteiger charge is 2.74. The second kappa shape index (κ2) is 7.54. The lowest BCUT2D eigenvalue weighted by atomic mass is 9.58. The highest BCUT2D eigenvalue weighted by molar-refractivity contribution is 6.24. The predicted octanol–water partition coefficient (Wildman–Crippen LogP) is 6.28. The van der Waals surface area contributed by atoms with Gasteiger partial charge in [0.25, 0.3) is 0 Å². The fourth-order valence-corrected chi connectivity index (χ4v) is 7.51. The van der Waals surface area contributed by atoms with E-state index in [0.29, 0.717) is 29.7 Å². The summed E-state index contributed by atoms with van der Waals surface area (Å²) in [6, 6.07) is 24.7. The predicted molar refractivity (Wildman–Crippen MR) is 135 cm³/mol. The van der Waals surface area contributed by atoms with E-state index >= 15 is 0 Å². The quantitative estimate of drug-likeness (QED) is 0.316. The lowest BCUT2D eigenvalue weighted by molar-refractivity contribution is -0.274. The van der Waals surface area contributed by atoms with Crippen LogP contribution in [0, 0.1) is 5.41 Å². The van der Waals surface area contributed by atoms with Crippen molar-refractivity contribution in [1.29, 1.82) is 0 Å². The third-order valence-electron chi connectivity index (χ3n) is 8.79. The molecule has 0 radical (unpaired) electrons. The van der Waals surface area contributed by atoms with Gasteiger partial charge in [-0.1, -0.05) is 72.8 Å². The summed E-state index contributed by atoms with van der Waals surface area (Å²) in [7, 11) is 1.88. The summed E-state index contributed by atoms with van der Waals surface area (Å²) in [5.41, 5.74) is 1.16. The van der Waals surface area contributed by atoms with Crippen molar-refractivity contribution >= 4 is 22.3 Å². The molecule has 0 aromatic heterocycles. The topological polar surface area (TPSA) is 46.6 Å². The zero-order valence-corrected chi connectivity index (χ0v) is 20.4. The molecule has 7 rings (SSSR count). The summed E-state index contributed by atoms with van der Waals surface area (Å²) in [5.74, 6) is -0.976. The smallest absolute Gasteiger partial charge is 0.406 e. The molecule has 0 N–H and O–H groups in total. The van der Waals surface area contributed by atoms with Crippen LogP contribution in [0.25, 0.3) is 10.8 Å². The van der Waals surface area contributed by atoms with Crippen molar-refractivity contribution in [2.45, 2.75) is 24.2 Å². The van der Waals surface area contributed by atoms with E-state index in [4.69, 9.17) is 0 Å². The molecule has 3 atom stereocenters. The molecule has 7 heteroatoms. The molecule has 4 aromatic carbocycles. The maximum Gasteiger partial charge on any atom is 0.573 e. The molecule has 0 unspecified atom stereocenters. The number of likely N-dealkylation sites (N-methyl/N-ethyl adjacent to an activating group) is 1. The van der Waals surface area contributed by atoms with Crippen molar-refractivity contribution < 1.29 is 27.5 Å². The standard InChI is InChI=1S/C31H22F3NO3/c1-35-17-25(18-12-14-21(15-13-18)38-31(32,33)34)29(16-20-6-2-3-9-22(20)27(29)36)30(35)24-11-5-8-19-7-4-10-23(26(19)24)28(30)37/h2-15,25H,16-17H2,1H3/t25-,29+,30+/m1/s1. The van der Waals surface area contributed by atoms with Gasteiger partial charge in [0, 0.05) is 23.6 Å². The Morgan fingerprint density at radius 1 is 0.842 bits per heavy atom. The first-order valence-electron chi connectivity index (χ1n) is 12.4. The maximum atomic E-state index is 14.6.